The molecule has 4 aromatic rings. The second-order valence-electron chi connectivity index (χ2n) is 11.6. The zero-order valence-corrected chi connectivity index (χ0v) is 27.3. The highest BCUT2D eigenvalue weighted by Crippen LogP contribution is 2.26. The Morgan fingerprint density at radius 1 is 0.778 bits per heavy atom. The minimum atomic E-state index is -4.12. The number of nitrogens with one attached hydrogen (secondary N) is 1. The molecule has 0 aliphatic carbocycles. The fourth-order valence-electron chi connectivity index (χ4n) is 5.09. The summed E-state index contributed by atoms with van der Waals surface area (Å²) in [6.45, 7) is 8.14. The number of amides is 2. The summed E-state index contributed by atoms with van der Waals surface area (Å²) in [4.78, 5) is 30.1. The van der Waals surface area contributed by atoms with Gasteiger partial charge < -0.3 is 10.2 Å². The second-order valence-corrected chi connectivity index (χ2v) is 13.5. The fourth-order valence-corrected chi connectivity index (χ4v) is 6.53. The van der Waals surface area contributed by atoms with Gasteiger partial charge in [-0.05, 0) is 65.8 Å². The van der Waals surface area contributed by atoms with Crippen LogP contribution in [0.15, 0.2) is 114 Å². The first-order valence-electron chi connectivity index (χ1n) is 15.4. The van der Waals surface area contributed by atoms with Crippen LogP contribution in [0.3, 0.4) is 0 Å². The molecule has 0 saturated carbocycles. The smallest absolute Gasteiger partial charge is 0.264 e. The molecule has 0 fully saturated rings. The molecule has 0 saturated heterocycles. The van der Waals surface area contributed by atoms with Gasteiger partial charge in [0.2, 0.25) is 11.8 Å². The summed E-state index contributed by atoms with van der Waals surface area (Å²) in [5.41, 5.74) is 4.18. The molecule has 8 heteroatoms. The van der Waals surface area contributed by atoms with Crippen LogP contribution in [0, 0.1) is 12.8 Å². The van der Waals surface area contributed by atoms with Crippen LogP contribution in [0.1, 0.15) is 43.0 Å². The molecule has 2 amide bonds. The highest BCUT2D eigenvalue weighted by molar-refractivity contribution is 7.92. The summed E-state index contributed by atoms with van der Waals surface area (Å²) in [6, 6.07) is 31.7. The van der Waals surface area contributed by atoms with E-state index in [0.717, 1.165) is 33.0 Å². The zero-order chi connectivity index (χ0) is 32.4. The summed E-state index contributed by atoms with van der Waals surface area (Å²) in [7, 11) is -4.12. The van der Waals surface area contributed by atoms with Crippen LogP contribution >= 0.6 is 0 Å². The maximum absolute atomic E-state index is 14.6. The number of carbonyl (C=O) groups is 2. The average Bonchev–Trinajstić information content (AvgIpc) is 3.05. The number of rotatable bonds is 14. The van der Waals surface area contributed by atoms with Crippen LogP contribution in [0.4, 0.5) is 5.69 Å². The van der Waals surface area contributed by atoms with E-state index < -0.39 is 28.5 Å². The van der Waals surface area contributed by atoms with Gasteiger partial charge in [-0.3, -0.25) is 13.9 Å². The van der Waals surface area contributed by atoms with Crippen LogP contribution < -0.4 is 9.62 Å². The van der Waals surface area contributed by atoms with E-state index in [9.17, 15) is 18.0 Å². The van der Waals surface area contributed by atoms with Gasteiger partial charge in [-0.2, -0.15) is 0 Å². The standard InChI is InChI=1S/C37H43N3O4S/c1-5-30-20-22-33(23-21-30)40(45(43,44)34-18-10-7-11-19-34)27-36(41)39(26-32-17-13-12-14-29(32)4)35(37(42)38-25-28(2)3)24-31-15-8-6-9-16-31/h6-23,28,35H,5,24-27H2,1-4H3,(H,38,42)/t35-/m1/s1. The number of sulfonamides is 1. The molecule has 45 heavy (non-hydrogen) atoms. The molecule has 0 bridgehead atoms. The van der Waals surface area contributed by atoms with Gasteiger partial charge in [-0.1, -0.05) is 106 Å². The van der Waals surface area contributed by atoms with Crippen LogP contribution in [0.25, 0.3) is 0 Å². The van der Waals surface area contributed by atoms with Gasteiger partial charge in [-0.15, -0.1) is 0 Å². The van der Waals surface area contributed by atoms with Gasteiger partial charge in [0.25, 0.3) is 10.0 Å². The van der Waals surface area contributed by atoms with E-state index in [1.54, 1.807) is 35.2 Å². The highest BCUT2D eigenvalue weighted by atomic mass is 32.2. The van der Waals surface area contributed by atoms with Crippen LogP contribution in [-0.2, 0) is 39.0 Å². The quantitative estimate of drug-likeness (QED) is 0.182. The molecule has 4 rings (SSSR count). The lowest BCUT2D eigenvalue weighted by molar-refractivity contribution is -0.140. The van der Waals surface area contributed by atoms with Gasteiger partial charge >= 0.3 is 0 Å². The van der Waals surface area contributed by atoms with Gasteiger partial charge in [0.15, 0.2) is 0 Å². The number of anilines is 1. The van der Waals surface area contributed by atoms with Crippen molar-refractivity contribution in [2.75, 3.05) is 17.4 Å². The third-order valence-electron chi connectivity index (χ3n) is 7.80. The monoisotopic (exact) mass is 625 g/mol. The van der Waals surface area contributed by atoms with E-state index in [1.807, 2.05) is 94.4 Å². The van der Waals surface area contributed by atoms with E-state index >= 15 is 0 Å². The normalized spacial score (nSPS) is 12.0. The highest BCUT2D eigenvalue weighted by Gasteiger charge is 2.34. The summed E-state index contributed by atoms with van der Waals surface area (Å²) in [6.07, 6.45) is 1.07. The maximum Gasteiger partial charge on any atom is 0.264 e. The van der Waals surface area contributed by atoms with Gasteiger partial charge in [0, 0.05) is 19.5 Å². The molecular formula is C37H43N3O4S. The van der Waals surface area contributed by atoms with Gasteiger partial charge in [0.05, 0.1) is 10.6 Å². The molecular weight excluding hydrogens is 582 g/mol. The van der Waals surface area contributed by atoms with Crippen molar-refractivity contribution >= 4 is 27.5 Å². The van der Waals surface area contributed by atoms with Crippen LogP contribution in [-0.4, -0.2) is 44.3 Å². The predicted molar refractivity (Wildman–Crippen MR) is 180 cm³/mol. The number of aryl methyl sites for hydroxylation is 2. The Kier molecular flexibility index (Phi) is 11.5. The van der Waals surface area contributed by atoms with Crippen LogP contribution in [0.2, 0.25) is 0 Å². The summed E-state index contributed by atoms with van der Waals surface area (Å²) < 4.78 is 29.4. The Morgan fingerprint density at radius 3 is 1.98 bits per heavy atom. The lowest BCUT2D eigenvalue weighted by Crippen LogP contribution is -2.53. The Morgan fingerprint density at radius 2 is 1.38 bits per heavy atom. The number of nitrogens with zero attached hydrogens (tertiary/aromatic N) is 2. The third kappa shape index (κ3) is 8.82. The summed E-state index contributed by atoms with van der Waals surface area (Å²) >= 11 is 0. The van der Waals surface area contributed by atoms with E-state index in [4.69, 9.17) is 0 Å². The lowest BCUT2D eigenvalue weighted by Gasteiger charge is -2.34. The number of hydrogen-bond donors (Lipinski definition) is 1. The van der Waals surface area contributed by atoms with Crippen molar-refractivity contribution in [3.63, 3.8) is 0 Å². The van der Waals surface area contributed by atoms with Crippen molar-refractivity contribution in [3.05, 3.63) is 131 Å². The van der Waals surface area contributed by atoms with E-state index in [0.29, 0.717) is 12.2 Å². The predicted octanol–water partition coefficient (Wildman–Crippen LogP) is 6.17. The van der Waals surface area contributed by atoms with E-state index in [-0.39, 0.29) is 29.7 Å². The van der Waals surface area contributed by atoms with Crippen molar-refractivity contribution in [3.8, 4) is 0 Å². The molecule has 0 aliphatic heterocycles. The molecule has 1 N–H and O–H groups in total. The summed E-state index contributed by atoms with van der Waals surface area (Å²) in [5, 5.41) is 3.03. The Balaban J connectivity index is 1.80. The van der Waals surface area contributed by atoms with Crippen molar-refractivity contribution < 1.29 is 18.0 Å². The SMILES string of the molecule is CCc1ccc(N(CC(=O)N(Cc2ccccc2C)[C@H](Cc2ccccc2)C(=O)NCC(C)C)S(=O)(=O)c2ccccc2)cc1. The maximum atomic E-state index is 14.6. The first-order chi connectivity index (χ1) is 21.6. The molecule has 0 spiro atoms. The molecule has 236 valence electrons. The molecule has 0 heterocycles. The number of benzene rings is 4. The topological polar surface area (TPSA) is 86.8 Å². The Labute approximate surface area is 268 Å². The largest absolute Gasteiger partial charge is 0.354 e. The molecule has 0 unspecified atom stereocenters. The zero-order valence-electron chi connectivity index (χ0n) is 26.5. The molecule has 4 aromatic carbocycles. The van der Waals surface area contributed by atoms with E-state index in [1.165, 1.54) is 12.1 Å². The van der Waals surface area contributed by atoms with Crippen molar-refractivity contribution in [2.45, 2.75) is 58.0 Å². The van der Waals surface area contributed by atoms with E-state index in [2.05, 4.69) is 5.32 Å². The number of hydrogen-bond acceptors (Lipinski definition) is 4. The van der Waals surface area contributed by atoms with Crippen molar-refractivity contribution in [1.29, 1.82) is 0 Å². The first kappa shape index (κ1) is 33.5. The molecule has 0 radical (unpaired) electrons. The molecule has 1 atom stereocenters. The van der Waals surface area contributed by atoms with Crippen molar-refractivity contribution in [2.24, 2.45) is 5.92 Å². The molecule has 0 aromatic heterocycles. The average molecular weight is 626 g/mol. The minimum absolute atomic E-state index is 0.0818. The van der Waals surface area contributed by atoms with Gasteiger partial charge in [-0.25, -0.2) is 8.42 Å². The fraction of sp³-hybridized carbons (Fsp3) is 0.297. The minimum Gasteiger partial charge on any atom is -0.354 e. The van der Waals surface area contributed by atoms with Crippen molar-refractivity contribution in [1.82, 2.24) is 10.2 Å². The molecule has 7 nitrogen and oxygen atoms in total. The Bertz CT molecular complexity index is 1660. The van der Waals surface area contributed by atoms with Gasteiger partial charge in [0.1, 0.15) is 12.6 Å². The second kappa shape index (κ2) is 15.5. The Hall–Kier alpha value is -4.43. The third-order valence-corrected chi connectivity index (χ3v) is 9.59. The lowest BCUT2D eigenvalue weighted by atomic mass is 10.0. The number of carbonyl (C=O) groups excluding carboxylic acids is 2. The van der Waals surface area contributed by atoms with Crippen LogP contribution in [0.5, 0.6) is 0 Å². The first-order valence-corrected chi connectivity index (χ1v) is 16.9. The summed E-state index contributed by atoms with van der Waals surface area (Å²) in [5.74, 6) is -0.540. The molecule has 0 aliphatic rings.